The molecule has 0 atom stereocenters. The van der Waals surface area contributed by atoms with E-state index in [2.05, 4.69) is 4.98 Å². The number of anilines is 1. The third-order valence-corrected chi connectivity index (χ3v) is 2.46. The summed E-state index contributed by atoms with van der Waals surface area (Å²) in [5.74, 6) is 0. The Balaban J connectivity index is 2.83. The van der Waals surface area contributed by atoms with Crippen molar-refractivity contribution >= 4 is 22.1 Å². The van der Waals surface area contributed by atoms with Crippen LogP contribution >= 0.6 is 0 Å². The molecule has 0 saturated heterocycles. The van der Waals surface area contributed by atoms with Gasteiger partial charge in [-0.3, -0.25) is 0 Å². The topological polar surface area (TPSA) is 31.4 Å². The van der Waals surface area contributed by atoms with E-state index in [0.29, 0.717) is 5.69 Å². The highest BCUT2D eigenvalue weighted by atomic mass is 15.1. The van der Waals surface area contributed by atoms with Crippen LogP contribution in [0.5, 0.6) is 0 Å². The summed E-state index contributed by atoms with van der Waals surface area (Å²) in [5, 5.41) is 11.1. The summed E-state index contributed by atoms with van der Waals surface area (Å²) in [6.45, 7) is 0. The summed E-state index contributed by atoms with van der Waals surface area (Å²) < 4.78 is 0. The smallest absolute Gasteiger partial charge is 0.371 e. The van der Waals surface area contributed by atoms with E-state index in [1.165, 1.54) is 0 Å². The molecule has 0 bridgehead atoms. The maximum Gasteiger partial charge on any atom is 0.415 e. The van der Waals surface area contributed by atoms with E-state index in [9.17, 15) is 0 Å². The van der Waals surface area contributed by atoms with Gasteiger partial charge in [0.15, 0.2) is 4.98 Å². The van der Waals surface area contributed by atoms with E-state index in [1.807, 2.05) is 55.4 Å². The molecule has 2 rings (SSSR count). The molecule has 0 N–H and O–H groups in total. The molecule has 0 fully saturated rings. The molecule has 0 aliphatic carbocycles. The van der Waals surface area contributed by atoms with Crippen molar-refractivity contribution in [1.29, 1.82) is 5.39 Å². The molecule has 74 valence electrons. The van der Waals surface area contributed by atoms with E-state index in [-0.39, 0.29) is 0 Å². The molecule has 0 unspecified atom stereocenters. The molecule has 2 aromatic carbocycles. The summed E-state index contributed by atoms with van der Waals surface area (Å²) in [4.78, 5) is 5.31. The van der Waals surface area contributed by atoms with Crippen molar-refractivity contribution in [3.63, 3.8) is 0 Å². The molecular weight excluding hydrogens is 186 g/mol. The van der Waals surface area contributed by atoms with Crippen LogP contribution in [0.4, 0.5) is 11.4 Å². The third kappa shape index (κ3) is 1.50. The second-order valence-electron chi connectivity index (χ2n) is 3.65. The molecular formula is C12H12N3+. The van der Waals surface area contributed by atoms with Crippen molar-refractivity contribution in [2.24, 2.45) is 0 Å². The number of hydrogen-bond donors (Lipinski definition) is 0. The predicted molar refractivity (Wildman–Crippen MR) is 63.0 cm³/mol. The minimum absolute atomic E-state index is 0.623. The quantitative estimate of drug-likeness (QED) is 0.658. The second-order valence-corrected chi connectivity index (χ2v) is 3.65. The van der Waals surface area contributed by atoms with Crippen molar-refractivity contribution in [2.75, 3.05) is 19.0 Å². The molecule has 0 heterocycles. The van der Waals surface area contributed by atoms with Gasteiger partial charge in [0.25, 0.3) is 0 Å². The van der Waals surface area contributed by atoms with Crippen LogP contribution in [0.15, 0.2) is 36.4 Å². The molecule has 0 amide bonds. The standard InChI is InChI=1S/C12H12N3/c1-15(2)11-8-7-9-5-3-4-6-10(9)12(11)14-13/h3-8H,1-2H3/q+1. The van der Waals surface area contributed by atoms with Crippen LogP contribution in [0.3, 0.4) is 0 Å². The summed E-state index contributed by atoms with van der Waals surface area (Å²) in [6.07, 6.45) is 0. The van der Waals surface area contributed by atoms with E-state index in [0.717, 1.165) is 16.5 Å². The fraction of sp³-hybridized carbons (Fsp3) is 0.167. The highest BCUT2D eigenvalue weighted by Crippen LogP contribution is 2.35. The summed E-state index contributed by atoms with van der Waals surface area (Å²) in [5.41, 5.74) is 1.54. The van der Waals surface area contributed by atoms with Crippen molar-refractivity contribution in [3.8, 4) is 0 Å². The van der Waals surface area contributed by atoms with Gasteiger partial charge in [0.05, 0.1) is 5.39 Å². The Morgan fingerprint density at radius 3 is 2.47 bits per heavy atom. The fourth-order valence-electron chi connectivity index (χ4n) is 1.71. The average molecular weight is 198 g/mol. The number of benzene rings is 2. The number of nitrogens with zero attached hydrogens (tertiary/aromatic N) is 3. The van der Waals surface area contributed by atoms with Gasteiger partial charge in [0.2, 0.25) is 5.39 Å². The monoisotopic (exact) mass is 198 g/mol. The van der Waals surface area contributed by atoms with Gasteiger partial charge in [-0.25, -0.2) is 0 Å². The summed E-state index contributed by atoms with van der Waals surface area (Å²) in [7, 11) is 3.86. The highest BCUT2D eigenvalue weighted by Gasteiger charge is 2.19. The van der Waals surface area contributed by atoms with Crippen LogP contribution in [0.1, 0.15) is 0 Å². The predicted octanol–water partition coefficient (Wildman–Crippen LogP) is 3.39. The molecule has 0 aromatic heterocycles. The van der Waals surface area contributed by atoms with Gasteiger partial charge in [0, 0.05) is 14.1 Å². The Morgan fingerprint density at radius 2 is 1.80 bits per heavy atom. The van der Waals surface area contributed by atoms with E-state index in [4.69, 9.17) is 5.39 Å². The van der Waals surface area contributed by atoms with E-state index < -0.39 is 0 Å². The lowest BCUT2D eigenvalue weighted by atomic mass is 10.1. The zero-order chi connectivity index (χ0) is 10.8. The van der Waals surface area contributed by atoms with E-state index >= 15 is 0 Å². The first-order chi connectivity index (χ1) is 7.24. The Morgan fingerprint density at radius 1 is 1.07 bits per heavy atom. The first-order valence-corrected chi connectivity index (χ1v) is 4.78. The number of hydrogen-bond acceptors (Lipinski definition) is 2. The third-order valence-electron chi connectivity index (χ3n) is 2.46. The Labute approximate surface area is 88.6 Å². The van der Waals surface area contributed by atoms with Crippen LogP contribution in [0, 0.1) is 5.39 Å². The Hall–Kier alpha value is -2.08. The molecule has 0 saturated carbocycles. The highest BCUT2D eigenvalue weighted by molar-refractivity contribution is 6.00. The molecule has 15 heavy (non-hydrogen) atoms. The number of fused-ring (bicyclic) bond motifs is 1. The Bertz CT molecular complexity index is 538. The van der Waals surface area contributed by atoms with Crippen molar-refractivity contribution in [3.05, 3.63) is 41.4 Å². The molecule has 0 spiro atoms. The van der Waals surface area contributed by atoms with E-state index in [1.54, 1.807) is 0 Å². The largest absolute Gasteiger partial charge is 0.415 e. The summed E-state index contributed by atoms with van der Waals surface area (Å²) >= 11 is 0. The molecule has 0 aliphatic rings. The minimum atomic E-state index is 0.623. The average Bonchev–Trinajstić information content (AvgIpc) is 2.27. The second kappa shape index (κ2) is 3.58. The molecule has 0 aliphatic heterocycles. The SMILES string of the molecule is CN(C)c1ccc2ccccc2c1[N+]#N. The van der Waals surface area contributed by atoms with Crippen LogP contribution < -0.4 is 4.90 Å². The van der Waals surface area contributed by atoms with Gasteiger partial charge < -0.3 is 4.90 Å². The first-order valence-electron chi connectivity index (χ1n) is 4.78. The lowest BCUT2D eigenvalue weighted by Crippen LogP contribution is -2.08. The van der Waals surface area contributed by atoms with Crippen LogP contribution in [-0.2, 0) is 0 Å². The summed E-state index contributed by atoms with van der Waals surface area (Å²) in [6, 6.07) is 11.9. The van der Waals surface area contributed by atoms with Crippen LogP contribution in [0.2, 0.25) is 0 Å². The number of diazo groups is 1. The van der Waals surface area contributed by atoms with Gasteiger partial charge in [-0.05, 0) is 17.5 Å². The molecule has 2 aromatic rings. The normalized spacial score (nSPS) is 9.93. The minimum Gasteiger partial charge on any atom is -0.371 e. The number of rotatable bonds is 1. The lowest BCUT2D eigenvalue weighted by Gasteiger charge is -2.09. The van der Waals surface area contributed by atoms with Crippen molar-refractivity contribution < 1.29 is 0 Å². The van der Waals surface area contributed by atoms with Gasteiger partial charge in [-0.1, -0.05) is 24.3 Å². The van der Waals surface area contributed by atoms with Crippen molar-refractivity contribution in [2.45, 2.75) is 0 Å². The molecule has 3 heteroatoms. The Kier molecular flexibility index (Phi) is 2.26. The fourth-order valence-corrected chi connectivity index (χ4v) is 1.71. The zero-order valence-corrected chi connectivity index (χ0v) is 8.81. The van der Waals surface area contributed by atoms with Crippen LogP contribution in [-0.4, -0.2) is 14.1 Å². The molecule has 0 radical (unpaired) electrons. The van der Waals surface area contributed by atoms with Gasteiger partial charge in [-0.15, -0.1) is 0 Å². The first kappa shape index (κ1) is 9.47. The molecule has 3 nitrogen and oxygen atoms in total. The maximum atomic E-state index is 9.06. The van der Waals surface area contributed by atoms with Crippen molar-refractivity contribution in [1.82, 2.24) is 0 Å². The van der Waals surface area contributed by atoms with Crippen LogP contribution in [0.25, 0.3) is 15.7 Å². The zero-order valence-electron chi connectivity index (χ0n) is 8.81. The van der Waals surface area contributed by atoms with Gasteiger partial charge in [-0.2, -0.15) is 0 Å². The lowest BCUT2D eigenvalue weighted by molar-refractivity contribution is 1.14. The van der Waals surface area contributed by atoms with Gasteiger partial charge in [0.1, 0.15) is 5.69 Å². The maximum absolute atomic E-state index is 9.06. The van der Waals surface area contributed by atoms with Gasteiger partial charge >= 0.3 is 5.69 Å².